The number of pyridine rings is 1. The minimum atomic E-state index is -4.54. The van der Waals surface area contributed by atoms with Crippen LogP contribution in [-0.2, 0) is 6.18 Å². The van der Waals surface area contributed by atoms with Crippen molar-refractivity contribution in [2.75, 3.05) is 11.9 Å². The van der Waals surface area contributed by atoms with Crippen molar-refractivity contribution < 1.29 is 23.1 Å². The van der Waals surface area contributed by atoms with Crippen LogP contribution in [0.25, 0.3) is 0 Å². The lowest BCUT2D eigenvalue weighted by molar-refractivity contribution is -0.137. The zero-order valence-corrected chi connectivity index (χ0v) is 11.2. The second-order valence-corrected chi connectivity index (χ2v) is 4.67. The second kappa shape index (κ2) is 5.36. The van der Waals surface area contributed by atoms with Crippen molar-refractivity contribution in [2.45, 2.75) is 24.9 Å². The standard InChI is InChI=1S/C13H14F3N3O2/c1-3-4-9-11(20)19(12(21)18(9)2)10-7-8(5-6-17-10)13(14,15)16/h3,5-7,9,11,20H,1,4H2,2H3. The fourth-order valence-corrected chi connectivity index (χ4v) is 2.21. The smallest absolute Gasteiger partial charge is 0.371 e. The molecule has 1 aliphatic rings. The Labute approximate surface area is 119 Å². The Kier molecular flexibility index (Phi) is 3.91. The van der Waals surface area contributed by atoms with E-state index in [9.17, 15) is 23.1 Å². The maximum Gasteiger partial charge on any atom is 0.416 e. The van der Waals surface area contributed by atoms with Crippen LogP contribution in [0.1, 0.15) is 12.0 Å². The molecule has 1 N–H and O–H groups in total. The van der Waals surface area contributed by atoms with E-state index in [1.54, 1.807) is 0 Å². The zero-order chi connectivity index (χ0) is 15.8. The number of hydrogen-bond donors (Lipinski definition) is 1. The first-order chi connectivity index (χ1) is 9.77. The highest BCUT2D eigenvalue weighted by Crippen LogP contribution is 2.33. The van der Waals surface area contributed by atoms with Gasteiger partial charge in [0.05, 0.1) is 11.6 Å². The van der Waals surface area contributed by atoms with Gasteiger partial charge in [0.2, 0.25) is 0 Å². The van der Waals surface area contributed by atoms with Gasteiger partial charge in [0.25, 0.3) is 0 Å². The number of carbonyl (C=O) groups is 1. The Bertz CT molecular complexity index is 562. The predicted molar refractivity (Wildman–Crippen MR) is 69.5 cm³/mol. The van der Waals surface area contributed by atoms with Gasteiger partial charge in [0.15, 0.2) is 6.23 Å². The summed E-state index contributed by atoms with van der Waals surface area (Å²) in [4.78, 5) is 18.0. The topological polar surface area (TPSA) is 56.7 Å². The van der Waals surface area contributed by atoms with E-state index in [2.05, 4.69) is 11.6 Å². The summed E-state index contributed by atoms with van der Waals surface area (Å²) in [6.07, 6.45) is -3.02. The van der Waals surface area contributed by atoms with Gasteiger partial charge in [-0.25, -0.2) is 14.7 Å². The number of aliphatic hydroxyl groups excluding tert-OH is 1. The fraction of sp³-hybridized carbons (Fsp3) is 0.385. The minimum absolute atomic E-state index is 0.235. The first-order valence-electron chi connectivity index (χ1n) is 6.15. The van der Waals surface area contributed by atoms with Gasteiger partial charge in [-0.2, -0.15) is 13.2 Å². The normalized spacial score (nSPS) is 22.8. The summed E-state index contributed by atoms with van der Waals surface area (Å²) in [5.74, 6) is -0.235. The number of alkyl halides is 3. The van der Waals surface area contributed by atoms with E-state index in [0.717, 1.165) is 23.2 Å². The second-order valence-electron chi connectivity index (χ2n) is 4.67. The molecule has 114 valence electrons. The average molecular weight is 301 g/mol. The van der Waals surface area contributed by atoms with Crippen molar-refractivity contribution in [1.82, 2.24) is 9.88 Å². The SMILES string of the molecule is C=CCC1C(O)N(c2cc(C(F)(F)F)ccn2)C(=O)N1C. The molecule has 8 heteroatoms. The van der Waals surface area contributed by atoms with Gasteiger partial charge < -0.3 is 10.0 Å². The third-order valence-corrected chi connectivity index (χ3v) is 3.34. The van der Waals surface area contributed by atoms with E-state index in [0.29, 0.717) is 6.42 Å². The Morgan fingerprint density at radius 3 is 2.76 bits per heavy atom. The molecule has 2 amide bonds. The first-order valence-corrected chi connectivity index (χ1v) is 6.15. The highest BCUT2D eigenvalue weighted by atomic mass is 19.4. The number of urea groups is 1. The number of aliphatic hydroxyl groups is 1. The van der Waals surface area contributed by atoms with E-state index < -0.39 is 30.0 Å². The van der Waals surface area contributed by atoms with E-state index in [-0.39, 0.29) is 5.82 Å². The third kappa shape index (κ3) is 2.71. The molecule has 0 radical (unpaired) electrons. The molecule has 2 unspecified atom stereocenters. The largest absolute Gasteiger partial charge is 0.416 e. The Morgan fingerprint density at radius 1 is 1.52 bits per heavy atom. The number of halogens is 3. The number of likely N-dealkylation sites (N-methyl/N-ethyl adjacent to an activating group) is 1. The summed E-state index contributed by atoms with van der Waals surface area (Å²) in [6, 6.07) is 0.361. The molecule has 0 bridgehead atoms. The summed E-state index contributed by atoms with van der Waals surface area (Å²) in [5, 5.41) is 10.2. The highest BCUT2D eigenvalue weighted by molar-refractivity contribution is 5.94. The maximum atomic E-state index is 12.7. The molecular weight excluding hydrogens is 287 g/mol. The molecule has 1 fully saturated rings. The van der Waals surface area contributed by atoms with Crippen molar-refractivity contribution in [1.29, 1.82) is 0 Å². The van der Waals surface area contributed by atoms with Crippen LogP contribution in [0.2, 0.25) is 0 Å². The molecule has 2 atom stereocenters. The van der Waals surface area contributed by atoms with Crippen LogP contribution in [0.15, 0.2) is 31.0 Å². The van der Waals surface area contributed by atoms with Crippen LogP contribution < -0.4 is 4.90 Å². The van der Waals surface area contributed by atoms with Gasteiger partial charge in [0.1, 0.15) is 5.82 Å². The molecule has 2 rings (SSSR count). The molecule has 0 saturated carbocycles. The molecular formula is C13H14F3N3O2. The molecule has 1 saturated heterocycles. The monoisotopic (exact) mass is 301 g/mol. The van der Waals surface area contributed by atoms with E-state index in [1.807, 2.05) is 0 Å². The van der Waals surface area contributed by atoms with Crippen LogP contribution >= 0.6 is 0 Å². The van der Waals surface area contributed by atoms with Crippen molar-refractivity contribution in [3.8, 4) is 0 Å². The molecule has 1 aromatic rings. The van der Waals surface area contributed by atoms with Gasteiger partial charge in [-0.15, -0.1) is 6.58 Å². The number of amides is 2. The molecule has 2 heterocycles. The predicted octanol–water partition coefficient (Wildman–Crippen LogP) is 2.24. The number of carbonyl (C=O) groups excluding carboxylic acids is 1. The van der Waals surface area contributed by atoms with Crippen LogP contribution in [0.3, 0.4) is 0 Å². The number of aromatic nitrogens is 1. The molecule has 0 spiro atoms. The van der Waals surface area contributed by atoms with Crippen LogP contribution in [0.5, 0.6) is 0 Å². The lowest BCUT2D eigenvalue weighted by Crippen LogP contribution is -2.37. The number of hydrogen-bond acceptors (Lipinski definition) is 3. The molecule has 0 aliphatic carbocycles. The Morgan fingerprint density at radius 2 is 2.19 bits per heavy atom. The number of nitrogens with zero attached hydrogens (tertiary/aromatic N) is 3. The van der Waals surface area contributed by atoms with Gasteiger partial charge >= 0.3 is 12.2 Å². The molecule has 1 aromatic heterocycles. The van der Waals surface area contributed by atoms with Gasteiger partial charge in [-0.05, 0) is 18.6 Å². The molecule has 5 nitrogen and oxygen atoms in total. The summed E-state index contributed by atoms with van der Waals surface area (Å²) in [5.41, 5.74) is -0.928. The third-order valence-electron chi connectivity index (χ3n) is 3.34. The quantitative estimate of drug-likeness (QED) is 0.871. The summed E-state index contributed by atoms with van der Waals surface area (Å²) in [7, 11) is 1.47. The highest BCUT2D eigenvalue weighted by Gasteiger charge is 2.44. The summed E-state index contributed by atoms with van der Waals surface area (Å²) >= 11 is 0. The minimum Gasteiger partial charge on any atom is -0.371 e. The first kappa shape index (κ1) is 15.3. The summed E-state index contributed by atoms with van der Waals surface area (Å²) < 4.78 is 38.1. The number of rotatable bonds is 3. The van der Waals surface area contributed by atoms with Crippen molar-refractivity contribution in [2.24, 2.45) is 0 Å². The molecule has 1 aliphatic heterocycles. The lowest BCUT2D eigenvalue weighted by atomic mass is 10.1. The van der Waals surface area contributed by atoms with Crippen LogP contribution in [0.4, 0.5) is 23.8 Å². The van der Waals surface area contributed by atoms with Gasteiger partial charge in [-0.1, -0.05) is 6.08 Å². The van der Waals surface area contributed by atoms with Crippen LogP contribution in [0, 0.1) is 0 Å². The number of anilines is 1. The molecule has 21 heavy (non-hydrogen) atoms. The summed E-state index contributed by atoms with van der Waals surface area (Å²) in [6.45, 7) is 3.53. The Hall–Kier alpha value is -2.09. The Balaban J connectivity index is 2.38. The van der Waals surface area contributed by atoms with Gasteiger partial charge in [-0.3, -0.25) is 0 Å². The lowest BCUT2D eigenvalue weighted by Gasteiger charge is -2.21. The van der Waals surface area contributed by atoms with Crippen molar-refractivity contribution >= 4 is 11.8 Å². The maximum absolute atomic E-state index is 12.7. The van der Waals surface area contributed by atoms with E-state index in [1.165, 1.54) is 18.0 Å². The van der Waals surface area contributed by atoms with E-state index in [4.69, 9.17) is 0 Å². The van der Waals surface area contributed by atoms with E-state index >= 15 is 0 Å². The van der Waals surface area contributed by atoms with Crippen LogP contribution in [-0.4, -0.2) is 40.3 Å². The van der Waals surface area contributed by atoms with Gasteiger partial charge in [0, 0.05) is 13.2 Å². The molecule has 0 aromatic carbocycles. The average Bonchev–Trinajstić information content (AvgIpc) is 2.62. The van der Waals surface area contributed by atoms with Crippen molar-refractivity contribution in [3.63, 3.8) is 0 Å². The fourth-order valence-electron chi connectivity index (χ4n) is 2.21. The van der Waals surface area contributed by atoms with Crippen molar-refractivity contribution in [3.05, 3.63) is 36.5 Å². The zero-order valence-electron chi connectivity index (χ0n) is 11.2.